The van der Waals surface area contributed by atoms with Gasteiger partial charge in [-0.2, -0.15) is 5.10 Å². The molecule has 3 N–H and O–H groups in total. The number of nitrogens with zero attached hydrogens (tertiary/aromatic N) is 1. The fourth-order valence-corrected chi connectivity index (χ4v) is 1.99. The summed E-state index contributed by atoms with van der Waals surface area (Å²) in [7, 11) is 0. The molecule has 1 amide bonds. The van der Waals surface area contributed by atoms with Gasteiger partial charge in [0.25, 0.3) is 0 Å². The highest BCUT2D eigenvalue weighted by atomic mass is 32.1. The van der Waals surface area contributed by atoms with Crippen LogP contribution in [0.2, 0.25) is 0 Å². The van der Waals surface area contributed by atoms with Gasteiger partial charge in [0, 0.05) is 17.1 Å². The molecule has 23 heavy (non-hydrogen) atoms. The maximum absolute atomic E-state index is 11.9. The maximum Gasteiger partial charge on any atom is 0.230 e. The van der Waals surface area contributed by atoms with Crippen LogP contribution in [0.5, 0.6) is 0 Å². The van der Waals surface area contributed by atoms with Crippen molar-refractivity contribution in [2.75, 3.05) is 10.6 Å². The molecule has 0 unspecified atom stereocenters. The van der Waals surface area contributed by atoms with E-state index in [-0.39, 0.29) is 12.3 Å². The average molecular weight is 326 g/mol. The van der Waals surface area contributed by atoms with Crippen LogP contribution in [0.4, 0.5) is 11.4 Å². The van der Waals surface area contributed by atoms with Crippen molar-refractivity contribution in [1.29, 1.82) is 0 Å². The molecular weight excluding hydrogens is 308 g/mol. The number of carbonyl (C=O) groups is 1. The van der Waals surface area contributed by atoms with Crippen molar-refractivity contribution in [2.45, 2.75) is 13.3 Å². The Morgan fingerprint density at radius 1 is 0.957 bits per heavy atom. The lowest BCUT2D eigenvalue weighted by molar-refractivity contribution is -0.115. The number of hydrogen-bond acceptors (Lipinski definition) is 3. The topological polar surface area (TPSA) is 65.5 Å². The predicted octanol–water partition coefficient (Wildman–Crippen LogP) is 3.38. The van der Waals surface area contributed by atoms with Crippen molar-refractivity contribution in [2.24, 2.45) is 5.10 Å². The number of carbonyl (C=O) groups excluding carboxylic acids is 1. The van der Waals surface area contributed by atoms with Crippen LogP contribution in [0.15, 0.2) is 65.8 Å². The minimum Gasteiger partial charge on any atom is -0.331 e. The van der Waals surface area contributed by atoms with E-state index in [0.29, 0.717) is 10.8 Å². The van der Waals surface area contributed by atoms with Gasteiger partial charge in [-0.05, 0) is 43.4 Å². The lowest BCUT2D eigenvalue weighted by atomic mass is 10.2. The third-order valence-corrected chi connectivity index (χ3v) is 3.05. The molecule has 0 aliphatic carbocycles. The molecule has 2 aromatic carbocycles. The normalized spacial score (nSPS) is 10.7. The fraction of sp³-hybridized carbons (Fsp3) is 0.118. The highest BCUT2D eigenvalue weighted by Gasteiger charge is 2.04. The number of nitrogens with one attached hydrogen (secondary N) is 3. The first-order valence-electron chi connectivity index (χ1n) is 7.13. The molecule has 5 nitrogen and oxygen atoms in total. The zero-order chi connectivity index (χ0) is 16.5. The van der Waals surface area contributed by atoms with Crippen LogP contribution in [0.25, 0.3) is 0 Å². The Morgan fingerprint density at radius 3 is 2.04 bits per heavy atom. The van der Waals surface area contributed by atoms with E-state index in [9.17, 15) is 4.79 Å². The zero-order valence-electron chi connectivity index (χ0n) is 12.7. The molecule has 2 rings (SSSR count). The first-order chi connectivity index (χ1) is 11.1. The molecule has 118 valence electrons. The number of thiocarbonyl (C=S) groups is 1. The molecule has 0 saturated carbocycles. The number of hydrogen-bond donors (Lipinski definition) is 3. The molecule has 0 radical (unpaired) electrons. The Bertz CT molecular complexity index is 686. The molecule has 6 heteroatoms. The maximum atomic E-state index is 11.9. The number of anilines is 2. The molecule has 0 atom stereocenters. The van der Waals surface area contributed by atoms with Crippen LogP contribution in [0.1, 0.15) is 13.3 Å². The Kier molecular flexibility index (Phi) is 6.26. The summed E-state index contributed by atoms with van der Waals surface area (Å²) in [5.74, 6) is -0.124. The van der Waals surface area contributed by atoms with E-state index < -0.39 is 0 Å². The fourth-order valence-electron chi connectivity index (χ4n) is 1.83. The average Bonchev–Trinajstić information content (AvgIpc) is 2.55. The summed E-state index contributed by atoms with van der Waals surface area (Å²) in [6, 6.07) is 18.8. The molecule has 0 aliphatic rings. The molecule has 0 aromatic heterocycles. The number of para-hydroxylation sites is 2. The molecule has 0 heterocycles. The summed E-state index contributed by atoms with van der Waals surface area (Å²) >= 11 is 5.14. The van der Waals surface area contributed by atoms with Crippen LogP contribution in [0.3, 0.4) is 0 Å². The lowest BCUT2D eigenvalue weighted by Crippen LogP contribution is -2.25. The number of amides is 1. The standard InChI is InChI=1S/C17H18N4OS/c1-13(12-16(22)18-14-8-4-2-5-9-14)20-21-17(23)19-15-10-6-3-7-11-15/h2-11H,12H2,1H3,(H,18,22)(H2,19,21,23)/b20-13+. The smallest absolute Gasteiger partial charge is 0.230 e. The molecule has 0 spiro atoms. The number of benzene rings is 2. The van der Waals surface area contributed by atoms with Crippen molar-refractivity contribution in [3.05, 3.63) is 60.7 Å². The van der Waals surface area contributed by atoms with Crippen LogP contribution >= 0.6 is 12.2 Å². The SMILES string of the molecule is C/C(CC(=O)Nc1ccccc1)=N\NC(=S)Nc1ccccc1. The van der Waals surface area contributed by atoms with Gasteiger partial charge < -0.3 is 10.6 Å². The predicted molar refractivity (Wildman–Crippen MR) is 98.6 cm³/mol. The first kappa shape index (κ1) is 16.6. The first-order valence-corrected chi connectivity index (χ1v) is 7.54. The number of rotatable bonds is 5. The highest BCUT2D eigenvalue weighted by Crippen LogP contribution is 2.06. The summed E-state index contributed by atoms with van der Waals surface area (Å²) in [6.07, 6.45) is 0.190. The second-order valence-electron chi connectivity index (χ2n) is 4.87. The Balaban J connectivity index is 1.78. The van der Waals surface area contributed by atoms with Crippen LogP contribution in [-0.2, 0) is 4.79 Å². The van der Waals surface area contributed by atoms with Crippen LogP contribution in [-0.4, -0.2) is 16.7 Å². The molecule has 2 aromatic rings. The van der Waals surface area contributed by atoms with Crippen LogP contribution < -0.4 is 16.1 Å². The third kappa shape index (κ3) is 6.27. The van der Waals surface area contributed by atoms with E-state index in [2.05, 4.69) is 21.2 Å². The minimum absolute atomic E-state index is 0.124. The van der Waals surface area contributed by atoms with Gasteiger partial charge >= 0.3 is 0 Å². The highest BCUT2D eigenvalue weighted by molar-refractivity contribution is 7.80. The van der Waals surface area contributed by atoms with E-state index >= 15 is 0 Å². The second kappa shape index (κ2) is 8.65. The van der Waals surface area contributed by atoms with Gasteiger partial charge in [0.05, 0.1) is 6.42 Å². The summed E-state index contributed by atoms with van der Waals surface area (Å²) in [6.45, 7) is 1.77. The van der Waals surface area contributed by atoms with Crippen molar-refractivity contribution in [3.8, 4) is 0 Å². The summed E-state index contributed by atoms with van der Waals surface area (Å²) in [5, 5.41) is 10.3. The largest absolute Gasteiger partial charge is 0.331 e. The molecule has 0 bridgehead atoms. The Morgan fingerprint density at radius 2 is 1.48 bits per heavy atom. The van der Waals surface area contributed by atoms with E-state index in [1.54, 1.807) is 6.92 Å². The van der Waals surface area contributed by atoms with Gasteiger partial charge in [-0.3, -0.25) is 10.2 Å². The Hall–Kier alpha value is -2.73. The summed E-state index contributed by atoms with van der Waals surface area (Å²) in [4.78, 5) is 11.9. The van der Waals surface area contributed by atoms with Gasteiger partial charge in [0.2, 0.25) is 5.91 Å². The van der Waals surface area contributed by atoms with Crippen molar-refractivity contribution >= 4 is 40.3 Å². The quantitative estimate of drug-likeness (QED) is 0.448. The zero-order valence-corrected chi connectivity index (χ0v) is 13.6. The number of hydrazone groups is 1. The molecule has 0 aliphatic heterocycles. The van der Waals surface area contributed by atoms with Gasteiger partial charge in [0.15, 0.2) is 5.11 Å². The Labute approximate surface area is 140 Å². The van der Waals surface area contributed by atoms with Crippen molar-refractivity contribution < 1.29 is 4.79 Å². The van der Waals surface area contributed by atoms with E-state index in [4.69, 9.17) is 12.2 Å². The summed E-state index contributed by atoms with van der Waals surface area (Å²) < 4.78 is 0. The van der Waals surface area contributed by atoms with Gasteiger partial charge in [0.1, 0.15) is 0 Å². The van der Waals surface area contributed by atoms with Gasteiger partial charge in [-0.15, -0.1) is 0 Å². The summed E-state index contributed by atoms with van der Waals surface area (Å²) in [5.41, 5.74) is 5.00. The molecule has 0 fully saturated rings. The molecular formula is C17H18N4OS. The lowest BCUT2D eigenvalue weighted by Gasteiger charge is -2.08. The van der Waals surface area contributed by atoms with Crippen molar-refractivity contribution in [1.82, 2.24) is 5.43 Å². The van der Waals surface area contributed by atoms with E-state index in [0.717, 1.165) is 11.4 Å². The van der Waals surface area contributed by atoms with Crippen molar-refractivity contribution in [3.63, 3.8) is 0 Å². The van der Waals surface area contributed by atoms with Gasteiger partial charge in [-0.25, -0.2) is 0 Å². The monoisotopic (exact) mass is 326 g/mol. The van der Waals surface area contributed by atoms with E-state index in [1.165, 1.54) is 0 Å². The van der Waals surface area contributed by atoms with Gasteiger partial charge in [-0.1, -0.05) is 36.4 Å². The minimum atomic E-state index is -0.124. The molecule has 0 saturated heterocycles. The van der Waals surface area contributed by atoms with E-state index in [1.807, 2.05) is 60.7 Å². The second-order valence-corrected chi connectivity index (χ2v) is 5.28. The third-order valence-electron chi connectivity index (χ3n) is 2.85. The van der Waals surface area contributed by atoms with Crippen LogP contribution in [0, 0.1) is 0 Å².